The van der Waals surface area contributed by atoms with Gasteiger partial charge in [-0.15, -0.1) is 0 Å². The molecule has 0 aromatic heterocycles. The molecule has 3 amide bonds. The minimum atomic E-state index is -1.17. The lowest BCUT2D eigenvalue weighted by Crippen LogP contribution is -2.49. The van der Waals surface area contributed by atoms with E-state index >= 15 is 0 Å². The van der Waals surface area contributed by atoms with Gasteiger partial charge in [0.25, 0.3) is 5.91 Å². The highest BCUT2D eigenvalue weighted by atomic mass is 16.2. The molecule has 0 saturated carbocycles. The van der Waals surface area contributed by atoms with Crippen molar-refractivity contribution in [1.29, 1.82) is 0 Å². The summed E-state index contributed by atoms with van der Waals surface area (Å²) in [5.74, 6) is -0.414. The zero-order valence-electron chi connectivity index (χ0n) is 11.3. The summed E-state index contributed by atoms with van der Waals surface area (Å²) in [6.07, 6.45) is 0. The first-order valence-electron chi connectivity index (χ1n) is 6.65. The zero-order valence-corrected chi connectivity index (χ0v) is 11.3. The summed E-state index contributed by atoms with van der Waals surface area (Å²) in [4.78, 5) is 23.4. The number of rotatable bonds is 3. The third-order valence-corrected chi connectivity index (χ3v) is 3.73. The number of amides is 3. The monoisotopic (exact) mass is 281 g/mol. The molecule has 4 N–H and O–H groups in total. The van der Waals surface area contributed by atoms with Gasteiger partial charge in [-0.3, -0.25) is 10.1 Å². The molecule has 1 unspecified atom stereocenters. The minimum absolute atomic E-state index is 0.00918. The van der Waals surface area contributed by atoms with E-state index in [-0.39, 0.29) is 6.54 Å². The van der Waals surface area contributed by atoms with E-state index in [1.807, 2.05) is 54.6 Å². The Bertz CT molecular complexity index is 682. The van der Waals surface area contributed by atoms with Crippen molar-refractivity contribution >= 4 is 11.9 Å². The molecule has 5 nitrogen and oxygen atoms in total. The van der Waals surface area contributed by atoms with Crippen molar-refractivity contribution in [2.45, 2.75) is 5.54 Å². The molecular weight excluding hydrogens is 266 g/mol. The van der Waals surface area contributed by atoms with E-state index in [9.17, 15) is 9.59 Å². The normalized spacial score (nSPS) is 21.0. The number of imide groups is 1. The third kappa shape index (κ3) is 2.17. The van der Waals surface area contributed by atoms with Crippen molar-refractivity contribution in [3.63, 3.8) is 0 Å². The maximum Gasteiger partial charge on any atom is 0.322 e. The van der Waals surface area contributed by atoms with Crippen molar-refractivity contribution in [3.05, 3.63) is 60.2 Å². The second-order valence-electron chi connectivity index (χ2n) is 4.96. The van der Waals surface area contributed by atoms with Gasteiger partial charge in [-0.2, -0.15) is 0 Å². The smallest absolute Gasteiger partial charge is 0.322 e. The Kier molecular flexibility index (Phi) is 3.19. The summed E-state index contributed by atoms with van der Waals surface area (Å²) in [7, 11) is 0. The Hall–Kier alpha value is -2.66. The molecule has 0 radical (unpaired) electrons. The van der Waals surface area contributed by atoms with Gasteiger partial charge in [-0.05, 0) is 16.7 Å². The van der Waals surface area contributed by atoms with Crippen LogP contribution in [0.4, 0.5) is 4.79 Å². The van der Waals surface area contributed by atoms with Crippen LogP contribution in [0.15, 0.2) is 54.6 Å². The summed E-state index contributed by atoms with van der Waals surface area (Å²) in [5, 5.41) is 4.85. The maximum absolute atomic E-state index is 12.0. The Labute approximate surface area is 122 Å². The van der Waals surface area contributed by atoms with Gasteiger partial charge in [0.1, 0.15) is 0 Å². The lowest BCUT2D eigenvalue weighted by Gasteiger charge is -2.24. The first-order chi connectivity index (χ1) is 10.2. The van der Waals surface area contributed by atoms with Crippen LogP contribution in [0.25, 0.3) is 11.1 Å². The topological polar surface area (TPSA) is 84.2 Å². The molecule has 1 atom stereocenters. The second-order valence-corrected chi connectivity index (χ2v) is 4.96. The summed E-state index contributed by atoms with van der Waals surface area (Å²) in [6.45, 7) is 0.00918. The van der Waals surface area contributed by atoms with Crippen LogP contribution in [-0.4, -0.2) is 18.5 Å². The minimum Gasteiger partial charge on any atom is -0.327 e. The number of nitrogens with two attached hydrogens (primary N) is 1. The van der Waals surface area contributed by atoms with Crippen molar-refractivity contribution < 1.29 is 9.59 Å². The van der Waals surface area contributed by atoms with E-state index in [4.69, 9.17) is 5.73 Å². The predicted molar refractivity (Wildman–Crippen MR) is 79.3 cm³/mol. The van der Waals surface area contributed by atoms with Crippen molar-refractivity contribution in [2.75, 3.05) is 6.54 Å². The van der Waals surface area contributed by atoms with Gasteiger partial charge in [0.05, 0.1) is 0 Å². The van der Waals surface area contributed by atoms with Crippen LogP contribution >= 0.6 is 0 Å². The van der Waals surface area contributed by atoms with Crippen LogP contribution in [0.2, 0.25) is 0 Å². The number of carbonyl (C=O) groups is 2. The molecule has 1 saturated heterocycles. The molecule has 5 heteroatoms. The van der Waals surface area contributed by atoms with Gasteiger partial charge in [0.15, 0.2) is 5.54 Å². The van der Waals surface area contributed by atoms with Crippen LogP contribution in [-0.2, 0) is 10.3 Å². The molecule has 1 aliphatic rings. The second kappa shape index (κ2) is 5.03. The molecule has 0 spiro atoms. The van der Waals surface area contributed by atoms with E-state index in [0.29, 0.717) is 5.56 Å². The highest BCUT2D eigenvalue weighted by molar-refractivity contribution is 6.07. The molecule has 1 fully saturated rings. The van der Waals surface area contributed by atoms with Crippen molar-refractivity contribution in [2.24, 2.45) is 5.73 Å². The lowest BCUT2D eigenvalue weighted by atomic mass is 9.89. The average Bonchev–Trinajstić information content (AvgIpc) is 2.83. The maximum atomic E-state index is 12.0. The third-order valence-electron chi connectivity index (χ3n) is 3.73. The van der Waals surface area contributed by atoms with Gasteiger partial charge in [-0.25, -0.2) is 4.79 Å². The highest BCUT2D eigenvalue weighted by Crippen LogP contribution is 2.27. The Morgan fingerprint density at radius 2 is 1.52 bits per heavy atom. The van der Waals surface area contributed by atoms with Gasteiger partial charge in [0.2, 0.25) is 0 Å². The Balaban J connectivity index is 1.97. The fourth-order valence-electron chi connectivity index (χ4n) is 2.53. The predicted octanol–water partition coefficient (Wildman–Crippen LogP) is 1.35. The van der Waals surface area contributed by atoms with Crippen LogP contribution in [0, 0.1) is 0 Å². The average molecular weight is 281 g/mol. The van der Waals surface area contributed by atoms with Crippen LogP contribution in [0.3, 0.4) is 0 Å². The summed E-state index contributed by atoms with van der Waals surface area (Å²) < 4.78 is 0. The van der Waals surface area contributed by atoms with Gasteiger partial charge >= 0.3 is 6.03 Å². The zero-order chi connectivity index (χ0) is 14.9. The van der Waals surface area contributed by atoms with Crippen molar-refractivity contribution in [1.82, 2.24) is 10.6 Å². The molecule has 1 aliphatic heterocycles. The first-order valence-corrected chi connectivity index (χ1v) is 6.65. The molecule has 0 bridgehead atoms. The molecule has 3 rings (SSSR count). The number of urea groups is 1. The van der Waals surface area contributed by atoms with E-state index in [1.165, 1.54) is 0 Å². The number of nitrogens with one attached hydrogen (secondary N) is 2. The van der Waals surface area contributed by atoms with Crippen LogP contribution in [0.1, 0.15) is 5.56 Å². The molecule has 2 aromatic carbocycles. The van der Waals surface area contributed by atoms with Gasteiger partial charge in [-0.1, -0.05) is 54.6 Å². The lowest BCUT2D eigenvalue weighted by molar-refractivity contribution is -0.123. The molecular formula is C16H15N3O2. The Morgan fingerprint density at radius 1 is 0.905 bits per heavy atom. The number of hydrogen-bond donors (Lipinski definition) is 3. The number of benzene rings is 2. The highest BCUT2D eigenvalue weighted by Gasteiger charge is 2.46. The van der Waals surface area contributed by atoms with Crippen LogP contribution in [0.5, 0.6) is 0 Å². The summed E-state index contributed by atoms with van der Waals surface area (Å²) in [5.41, 5.74) is 7.35. The summed E-state index contributed by atoms with van der Waals surface area (Å²) >= 11 is 0. The molecule has 0 aliphatic carbocycles. The van der Waals surface area contributed by atoms with Gasteiger partial charge < -0.3 is 11.1 Å². The van der Waals surface area contributed by atoms with E-state index in [1.54, 1.807) is 0 Å². The van der Waals surface area contributed by atoms with E-state index in [0.717, 1.165) is 11.1 Å². The van der Waals surface area contributed by atoms with E-state index < -0.39 is 17.5 Å². The molecule has 2 aromatic rings. The van der Waals surface area contributed by atoms with E-state index in [2.05, 4.69) is 10.6 Å². The number of carbonyl (C=O) groups excluding carboxylic acids is 2. The van der Waals surface area contributed by atoms with Crippen molar-refractivity contribution in [3.8, 4) is 11.1 Å². The molecule has 106 valence electrons. The number of hydrogen-bond acceptors (Lipinski definition) is 3. The fourth-order valence-corrected chi connectivity index (χ4v) is 2.53. The first kappa shape index (κ1) is 13.3. The fraction of sp³-hybridized carbons (Fsp3) is 0.125. The van der Waals surface area contributed by atoms with Crippen LogP contribution < -0.4 is 16.4 Å². The van der Waals surface area contributed by atoms with Gasteiger partial charge in [0, 0.05) is 6.54 Å². The largest absolute Gasteiger partial charge is 0.327 e. The standard InChI is InChI=1S/C16H15N3O2/c17-10-16(14(20)18-15(21)19-16)13-8-6-12(7-9-13)11-4-2-1-3-5-11/h1-9H,10,17H2,(H2,18,19,20,21). The SMILES string of the molecule is NCC1(c2ccc(-c3ccccc3)cc2)NC(=O)NC1=O. The Morgan fingerprint density at radius 3 is 2.05 bits per heavy atom. The molecule has 21 heavy (non-hydrogen) atoms. The molecule has 1 heterocycles. The summed E-state index contributed by atoms with van der Waals surface area (Å²) in [6, 6.07) is 16.9. The quantitative estimate of drug-likeness (QED) is 0.742.